The lowest BCUT2D eigenvalue weighted by Gasteiger charge is -2.15. The molecule has 26 heavy (non-hydrogen) atoms. The Morgan fingerprint density at radius 2 is 2.00 bits per heavy atom. The number of nitrogens with zero attached hydrogens (tertiary/aromatic N) is 2. The molecule has 1 aromatic heterocycles. The molecule has 132 valence electrons. The molecule has 0 bridgehead atoms. The molecule has 1 fully saturated rings. The Kier molecular flexibility index (Phi) is 4.50. The first-order chi connectivity index (χ1) is 12.7. The van der Waals surface area contributed by atoms with E-state index in [-0.39, 0.29) is 18.4 Å². The summed E-state index contributed by atoms with van der Waals surface area (Å²) in [6, 6.07) is 17.1. The van der Waals surface area contributed by atoms with E-state index in [1.54, 1.807) is 0 Å². The highest BCUT2D eigenvalue weighted by molar-refractivity contribution is 5.96. The van der Waals surface area contributed by atoms with E-state index in [1.165, 1.54) is 12.8 Å². The third-order valence-corrected chi connectivity index (χ3v) is 4.61. The topological polar surface area (TPSA) is 96.7 Å². The first-order valence-electron chi connectivity index (χ1n) is 8.83. The molecule has 0 radical (unpaired) electrons. The molecule has 0 aliphatic heterocycles. The number of aromatic amines is 1. The minimum absolute atomic E-state index is 0.121. The number of anilines is 1. The Morgan fingerprint density at radius 1 is 1.19 bits per heavy atom. The number of H-pyrrole nitrogens is 1. The molecule has 0 saturated heterocycles. The summed E-state index contributed by atoms with van der Waals surface area (Å²) in [6.07, 6.45) is 2.34. The second kappa shape index (κ2) is 7.09. The van der Waals surface area contributed by atoms with Crippen LogP contribution >= 0.6 is 0 Å². The zero-order chi connectivity index (χ0) is 17.9. The lowest BCUT2D eigenvalue weighted by atomic mass is 9.98. The van der Waals surface area contributed by atoms with Crippen molar-refractivity contribution in [2.45, 2.75) is 24.7 Å². The molecule has 0 spiro atoms. The SMILES string of the molecule is NC[C@H](C(=O)Nc1cccc(-c2n[nH]c(C3CC3)n2)c1)c1ccccc1. The van der Waals surface area contributed by atoms with Crippen molar-refractivity contribution < 1.29 is 4.79 Å². The van der Waals surface area contributed by atoms with Crippen molar-refractivity contribution in [2.24, 2.45) is 5.73 Å². The summed E-state index contributed by atoms with van der Waals surface area (Å²) in [5, 5.41) is 10.3. The van der Waals surface area contributed by atoms with Crippen LogP contribution in [0.2, 0.25) is 0 Å². The van der Waals surface area contributed by atoms with E-state index in [0.717, 1.165) is 17.0 Å². The average molecular weight is 347 g/mol. The summed E-state index contributed by atoms with van der Waals surface area (Å²) in [5.74, 6) is 1.62. The summed E-state index contributed by atoms with van der Waals surface area (Å²) in [7, 11) is 0. The van der Waals surface area contributed by atoms with Crippen LogP contribution in [0.5, 0.6) is 0 Å². The monoisotopic (exact) mass is 347 g/mol. The van der Waals surface area contributed by atoms with E-state index in [1.807, 2.05) is 54.6 Å². The Bertz CT molecular complexity index is 901. The smallest absolute Gasteiger partial charge is 0.233 e. The highest BCUT2D eigenvalue weighted by atomic mass is 16.1. The quantitative estimate of drug-likeness (QED) is 0.638. The Hall–Kier alpha value is -2.99. The summed E-state index contributed by atoms with van der Waals surface area (Å²) in [4.78, 5) is 17.2. The summed E-state index contributed by atoms with van der Waals surface area (Å²) < 4.78 is 0. The highest BCUT2D eigenvalue weighted by Gasteiger charge is 2.27. The van der Waals surface area contributed by atoms with Crippen LogP contribution < -0.4 is 11.1 Å². The average Bonchev–Trinajstić information content (AvgIpc) is 3.40. The zero-order valence-electron chi connectivity index (χ0n) is 14.4. The molecule has 0 unspecified atom stereocenters. The van der Waals surface area contributed by atoms with Gasteiger partial charge in [-0.2, -0.15) is 5.10 Å². The van der Waals surface area contributed by atoms with Crippen LogP contribution in [-0.2, 0) is 4.79 Å². The van der Waals surface area contributed by atoms with Crippen molar-refractivity contribution in [1.29, 1.82) is 0 Å². The first kappa shape index (κ1) is 16.5. The number of benzene rings is 2. The van der Waals surface area contributed by atoms with Crippen LogP contribution in [0.4, 0.5) is 5.69 Å². The predicted molar refractivity (Wildman–Crippen MR) is 101 cm³/mol. The van der Waals surface area contributed by atoms with Gasteiger partial charge in [0.15, 0.2) is 5.82 Å². The van der Waals surface area contributed by atoms with E-state index < -0.39 is 0 Å². The molecule has 3 aromatic rings. The molecule has 1 aliphatic rings. The van der Waals surface area contributed by atoms with Crippen LogP contribution in [0.3, 0.4) is 0 Å². The van der Waals surface area contributed by atoms with Crippen molar-refractivity contribution in [2.75, 3.05) is 11.9 Å². The number of hydrogen-bond acceptors (Lipinski definition) is 4. The largest absolute Gasteiger partial charge is 0.329 e. The Morgan fingerprint density at radius 3 is 2.73 bits per heavy atom. The van der Waals surface area contributed by atoms with Crippen LogP contribution in [0.15, 0.2) is 54.6 Å². The Balaban J connectivity index is 1.51. The summed E-state index contributed by atoms with van der Waals surface area (Å²) in [6.45, 7) is 0.251. The predicted octanol–water partition coefficient (Wildman–Crippen LogP) is 3.03. The fraction of sp³-hybridized carbons (Fsp3) is 0.250. The van der Waals surface area contributed by atoms with Gasteiger partial charge in [0.05, 0.1) is 5.92 Å². The minimum Gasteiger partial charge on any atom is -0.329 e. The van der Waals surface area contributed by atoms with Crippen LogP contribution in [0, 0.1) is 0 Å². The molecule has 1 heterocycles. The van der Waals surface area contributed by atoms with Gasteiger partial charge < -0.3 is 11.1 Å². The molecule has 4 rings (SSSR count). The van der Waals surface area contributed by atoms with E-state index in [0.29, 0.717) is 17.4 Å². The van der Waals surface area contributed by atoms with Crippen molar-refractivity contribution in [3.8, 4) is 11.4 Å². The molecule has 1 atom stereocenters. The minimum atomic E-state index is -0.384. The number of carbonyl (C=O) groups excluding carboxylic acids is 1. The number of nitrogens with one attached hydrogen (secondary N) is 2. The second-order valence-electron chi connectivity index (χ2n) is 6.59. The van der Waals surface area contributed by atoms with E-state index >= 15 is 0 Å². The van der Waals surface area contributed by atoms with E-state index in [9.17, 15) is 4.79 Å². The highest BCUT2D eigenvalue weighted by Crippen LogP contribution is 2.38. The van der Waals surface area contributed by atoms with Crippen molar-refractivity contribution in [3.05, 3.63) is 66.0 Å². The number of nitrogens with two attached hydrogens (primary N) is 1. The normalized spacial score (nSPS) is 14.8. The first-order valence-corrected chi connectivity index (χ1v) is 8.83. The molecule has 1 saturated carbocycles. The molecular weight excluding hydrogens is 326 g/mol. The molecule has 1 aliphatic carbocycles. The molecule has 2 aromatic carbocycles. The number of amides is 1. The van der Waals surface area contributed by atoms with Gasteiger partial charge in [0, 0.05) is 23.7 Å². The van der Waals surface area contributed by atoms with Crippen molar-refractivity contribution in [1.82, 2.24) is 15.2 Å². The molecular formula is C20H21N5O. The van der Waals surface area contributed by atoms with Gasteiger partial charge in [-0.25, -0.2) is 4.98 Å². The van der Waals surface area contributed by atoms with Gasteiger partial charge in [-0.05, 0) is 30.5 Å². The van der Waals surface area contributed by atoms with Crippen molar-refractivity contribution in [3.63, 3.8) is 0 Å². The third kappa shape index (κ3) is 3.50. The van der Waals surface area contributed by atoms with Crippen LogP contribution in [0.25, 0.3) is 11.4 Å². The Labute approximate surface area is 151 Å². The molecule has 4 N–H and O–H groups in total. The van der Waals surface area contributed by atoms with Gasteiger partial charge in [-0.1, -0.05) is 42.5 Å². The van der Waals surface area contributed by atoms with Gasteiger partial charge in [0.25, 0.3) is 0 Å². The van der Waals surface area contributed by atoms with E-state index in [2.05, 4.69) is 20.5 Å². The fourth-order valence-corrected chi connectivity index (χ4v) is 2.99. The van der Waals surface area contributed by atoms with Gasteiger partial charge in [-0.15, -0.1) is 0 Å². The number of carbonyl (C=O) groups is 1. The number of aromatic nitrogens is 3. The van der Waals surface area contributed by atoms with Gasteiger partial charge in [0.1, 0.15) is 5.82 Å². The summed E-state index contributed by atoms with van der Waals surface area (Å²) in [5.41, 5.74) is 8.32. The van der Waals surface area contributed by atoms with Crippen LogP contribution in [0.1, 0.15) is 36.1 Å². The molecule has 1 amide bonds. The van der Waals surface area contributed by atoms with E-state index in [4.69, 9.17) is 5.73 Å². The number of rotatable bonds is 6. The second-order valence-corrected chi connectivity index (χ2v) is 6.59. The standard InChI is InChI=1S/C20H21N5O/c21-12-17(13-5-2-1-3-6-13)20(26)22-16-8-4-7-15(11-16)19-23-18(24-25-19)14-9-10-14/h1-8,11,14,17H,9-10,12,21H2,(H,22,26)(H,23,24,25)/t17-/m0/s1. The number of hydrogen-bond donors (Lipinski definition) is 3. The fourth-order valence-electron chi connectivity index (χ4n) is 2.99. The lowest BCUT2D eigenvalue weighted by molar-refractivity contribution is -0.117. The zero-order valence-corrected chi connectivity index (χ0v) is 14.4. The summed E-state index contributed by atoms with van der Waals surface area (Å²) >= 11 is 0. The maximum atomic E-state index is 12.7. The lowest BCUT2D eigenvalue weighted by Crippen LogP contribution is -2.27. The molecule has 6 nitrogen and oxygen atoms in total. The van der Waals surface area contributed by atoms with Crippen LogP contribution in [-0.4, -0.2) is 27.6 Å². The third-order valence-electron chi connectivity index (χ3n) is 4.61. The van der Waals surface area contributed by atoms with Gasteiger partial charge >= 0.3 is 0 Å². The van der Waals surface area contributed by atoms with Gasteiger partial charge in [0.2, 0.25) is 5.91 Å². The maximum Gasteiger partial charge on any atom is 0.233 e. The molecule has 6 heteroatoms. The van der Waals surface area contributed by atoms with Crippen molar-refractivity contribution >= 4 is 11.6 Å². The van der Waals surface area contributed by atoms with Gasteiger partial charge in [-0.3, -0.25) is 9.89 Å². The maximum absolute atomic E-state index is 12.7.